The Morgan fingerprint density at radius 2 is 2.16 bits per heavy atom. The van der Waals surface area contributed by atoms with Crippen LogP contribution >= 0.6 is 0 Å². The van der Waals surface area contributed by atoms with E-state index in [1.807, 2.05) is 18.2 Å². The van der Waals surface area contributed by atoms with Crippen molar-refractivity contribution in [3.63, 3.8) is 0 Å². The second-order valence-electron chi connectivity index (χ2n) is 5.22. The fourth-order valence-corrected chi connectivity index (χ4v) is 3.02. The number of carboxylic acids is 1. The van der Waals surface area contributed by atoms with Gasteiger partial charge in [0.1, 0.15) is 0 Å². The molecule has 4 nitrogen and oxygen atoms in total. The molecule has 0 amide bonds. The van der Waals surface area contributed by atoms with Crippen LogP contribution in [0.3, 0.4) is 0 Å². The number of aliphatic carboxylic acids is 1. The maximum Gasteiger partial charge on any atom is 0.312 e. The first kappa shape index (κ1) is 12.2. The number of aromatic nitrogens is 1. The van der Waals surface area contributed by atoms with Gasteiger partial charge in [-0.15, -0.1) is 0 Å². The Bertz CT molecular complexity index is 630. The number of carbonyl (C=O) groups is 1. The molecule has 1 unspecified atom stereocenters. The van der Waals surface area contributed by atoms with Gasteiger partial charge in [-0.1, -0.05) is 6.07 Å². The first-order valence-electron chi connectivity index (χ1n) is 6.77. The first-order chi connectivity index (χ1) is 9.20. The average molecular weight is 258 g/mol. The molecule has 1 aliphatic rings. The van der Waals surface area contributed by atoms with Gasteiger partial charge in [0.25, 0.3) is 0 Å². The molecule has 1 atom stereocenters. The Balaban J connectivity index is 2.11. The van der Waals surface area contributed by atoms with Crippen LogP contribution in [-0.4, -0.2) is 22.6 Å². The van der Waals surface area contributed by atoms with Gasteiger partial charge >= 0.3 is 5.97 Å². The van der Waals surface area contributed by atoms with E-state index in [0.29, 0.717) is 0 Å². The molecule has 100 valence electrons. The quantitative estimate of drug-likeness (QED) is 0.789. The molecular weight excluding hydrogens is 240 g/mol. The maximum atomic E-state index is 11.2. The molecule has 0 fully saturated rings. The second-order valence-corrected chi connectivity index (χ2v) is 5.22. The van der Waals surface area contributed by atoms with Gasteiger partial charge in [0, 0.05) is 23.1 Å². The number of nitrogens with two attached hydrogens (primary N) is 1. The largest absolute Gasteiger partial charge is 0.481 e. The molecule has 3 rings (SSSR count). The number of benzene rings is 1. The number of rotatable bonds is 3. The summed E-state index contributed by atoms with van der Waals surface area (Å²) in [6.07, 6.45) is 4.62. The highest BCUT2D eigenvalue weighted by Crippen LogP contribution is 2.31. The molecule has 19 heavy (non-hydrogen) atoms. The Labute approximate surface area is 111 Å². The molecule has 1 heterocycles. The molecular formula is C15H18N2O2. The van der Waals surface area contributed by atoms with E-state index in [4.69, 9.17) is 5.73 Å². The summed E-state index contributed by atoms with van der Waals surface area (Å²) in [7, 11) is 0. The lowest BCUT2D eigenvalue weighted by atomic mass is 9.93. The van der Waals surface area contributed by atoms with Gasteiger partial charge in [0.15, 0.2) is 0 Å². The van der Waals surface area contributed by atoms with Crippen molar-refractivity contribution in [1.82, 2.24) is 4.98 Å². The van der Waals surface area contributed by atoms with Gasteiger partial charge in [0.2, 0.25) is 0 Å². The van der Waals surface area contributed by atoms with Crippen LogP contribution < -0.4 is 5.73 Å². The minimum atomic E-state index is -0.855. The predicted molar refractivity (Wildman–Crippen MR) is 74.4 cm³/mol. The van der Waals surface area contributed by atoms with Gasteiger partial charge in [-0.2, -0.15) is 0 Å². The van der Waals surface area contributed by atoms with Crippen LogP contribution in [0.15, 0.2) is 18.2 Å². The number of nitrogens with one attached hydrogen (secondary N) is 1. The van der Waals surface area contributed by atoms with Gasteiger partial charge in [0.05, 0.1) is 5.92 Å². The third kappa shape index (κ3) is 2.02. The zero-order valence-corrected chi connectivity index (χ0v) is 10.8. The Morgan fingerprint density at radius 1 is 1.37 bits per heavy atom. The summed E-state index contributed by atoms with van der Waals surface area (Å²) in [4.78, 5) is 14.7. The number of hydrogen-bond acceptors (Lipinski definition) is 2. The van der Waals surface area contributed by atoms with Crippen LogP contribution in [0.2, 0.25) is 0 Å². The summed E-state index contributed by atoms with van der Waals surface area (Å²) in [5.41, 5.74) is 10.2. The Morgan fingerprint density at radius 3 is 2.89 bits per heavy atom. The van der Waals surface area contributed by atoms with Crippen LogP contribution in [0.1, 0.15) is 35.6 Å². The van der Waals surface area contributed by atoms with Gasteiger partial charge in [-0.05, 0) is 48.9 Å². The normalized spacial score (nSPS) is 16.3. The fourth-order valence-electron chi connectivity index (χ4n) is 3.02. The topological polar surface area (TPSA) is 79.1 Å². The van der Waals surface area contributed by atoms with Gasteiger partial charge in [-0.3, -0.25) is 4.79 Å². The highest BCUT2D eigenvalue weighted by atomic mass is 16.4. The SMILES string of the molecule is NCC(C(=O)O)c1ccc2[nH]c3c(c2c1)CCCC3. The molecule has 2 aromatic rings. The van der Waals surface area contributed by atoms with Gasteiger partial charge < -0.3 is 15.8 Å². The molecule has 0 saturated carbocycles. The molecule has 0 spiro atoms. The third-order valence-corrected chi connectivity index (χ3v) is 4.06. The van der Waals surface area contributed by atoms with Gasteiger partial charge in [-0.25, -0.2) is 0 Å². The number of aromatic amines is 1. The molecule has 1 aromatic heterocycles. The number of carboxylic acid groups (broad SMARTS) is 1. The van der Waals surface area contributed by atoms with E-state index in [2.05, 4.69) is 4.98 Å². The lowest BCUT2D eigenvalue weighted by Gasteiger charge is -2.12. The summed E-state index contributed by atoms with van der Waals surface area (Å²) in [5.74, 6) is -1.47. The number of fused-ring (bicyclic) bond motifs is 3. The highest BCUT2D eigenvalue weighted by molar-refractivity contribution is 5.87. The Hall–Kier alpha value is -1.81. The maximum absolute atomic E-state index is 11.2. The smallest absolute Gasteiger partial charge is 0.312 e. The number of H-pyrrole nitrogens is 1. The van der Waals surface area contributed by atoms with E-state index in [-0.39, 0.29) is 6.54 Å². The van der Waals surface area contributed by atoms with Crippen molar-refractivity contribution < 1.29 is 9.90 Å². The van der Waals surface area contributed by atoms with E-state index < -0.39 is 11.9 Å². The van der Waals surface area contributed by atoms with E-state index in [1.165, 1.54) is 29.5 Å². The van der Waals surface area contributed by atoms with Crippen LogP contribution in [-0.2, 0) is 17.6 Å². The van der Waals surface area contributed by atoms with Crippen molar-refractivity contribution in [3.05, 3.63) is 35.0 Å². The van der Waals surface area contributed by atoms with Crippen molar-refractivity contribution in [2.24, 2.45) is 5.73 Å². The summed E-state index contributed by atoms with van der Waals surface area (Å²) in [6.45, 7) is 0.132. The van der Waals surface area contributed by atoms with Crippen LogP contribution in [0, 0.1) is 0 Å². The van der Waals surface area contributed by atoms with Crippen molar-refractivity contribution in [1.29, 1.82) is 0 Å². The summed E-state index contributed by atoms with van der Waals surface area (Å²) < 4.78 is 0. The summed E-state index contributed by atoms with van der Waals surface area (Å²) >= 11 is 0. The lowest BCUT2D eigenvalue weighted by Crippen LogP contribution is -2.21. The molecule has 1 aromatic carbocycles. The highest BCUT2D eigenvalue weighted by Gasteiger charge is 2.20. The zero-order valence-electron chi connectivity index (χ0n) is 10.8. The van der Waals surface area contributed by atoms with Crippen LogP contribution in [0.25, 0.3) is 10.9 Å². The molecule has 0 bridgehead atoms. The van der Waals surface area contributed by atoms with E-state index >= 15 is 0 Å². The molecule has 4 heteroatoms. The molecule has 0 radical (unpaired) electrons. The minimum absolute atomic E-state index is 0.132. The summed E-state index contributed by atoms with van der Waals surface area (Å²) in [5, 5.41) is 10.4. The molecule has 4 N–H and O–H groups in total. The van der Waals surface area contributed by atoms with Crippen molar-refractivity contribution in [2.75, 3.05) is 6.54 Å². The zero-order chi connectivity index (χ0) is 13.4. The second kappa shape index (κ2) is 4.70. The Kier molecular flexibility index (Phi) is 3.03. The van der Waals surface area contributed by atoms with E-state index in [9.17, 15) is 9.90 Å². The van der Waals surface area contributed by atoms with Crippen molar-refractivity contribution in [2.45, 2.75) is 31.6 Å². The molecule has 1 aliphatic carbocycles. The first-order valence-corrected chi connectivity index (χ1v) is 6.77. The molecule has 0 aliphatic heterocycles. The average Bonchev–Trinajstić information content (AvgIpc) is 2.77. The fraction of sp³-hybridized carbons (Fsp3) is 0.400. The standard InChI is InChI=1S/C15H18N2O2/c16-8-12(15(18)19)9-5-6-14-11(7-9)10-3-1-2-4-13(10)17-14/h5-7,12,17H,1-4,8,16H2,(H,18,19). The minimum Gasteiger partial charge on any atom is -0.481 e. The van der Waals surface area contributed by atoms with Crippen LogP contribution in [0.4, 0.5) is 0 Å². The van der Waals surface area contributed by atoms with Crippen molar-refractivity contribution in [3.8, 4) is 0 Å². The van der Waals surface area contributed by atoms with Crippen molar-refractivity contribution >= 4 is 16.9 Å². The molecule has 0 saturated heterocycles. The monoisotopic (exact) mass is 258 g/mol. The summed E-state index contributed by atoms with van der Waals surface area (Å²) in [6, 6.07) is 5.85. The van der Waals surface area contributed by atoms with E-state index in [1.54, 1.807) is 0 Å². The number of hydrogen-bond donors (Lipinski definition) is 3. The number of aryl methyl sites for hydroxylation is 2. The third-order valence-electron chi connectivity index (χ3n) is 4.06. The van der Waals surface area contributed by atoms with Crippen LogP contribution in [0.5, 0.6) is 0 Å². The lowest BCUT2D eigenvalue weighted by molar-refractivity contribution is -0.138. The van der Waals surface area contributed by atoms with E-state index in [0.717, 1.165) is 23.9 Å². The predicted octanol–water partition coefficient (Wildman–Crippen LogP) is 2.17.